The van der Waals surface area contributed by atoms with Gasteiger partial charge >= 0.3 is 7.82 Å². The fourth-order valence-electron chi connectivity index (χ4n) is 6.30. The first-order valence-electron chi connectivity index (χ1n) is 16.4. The molecule has 3 aliphatic heterocycles. The SMILES string of the molecule is CO[C@@H]1C(O)[C@H](N2CN(C)c3c2nc(N)[nH]c3=O)O[C@@H]1COP(=O)([O-])OP(=O)([O-])OP(=O)([O-])OOC[C@H]1O[C@@H](n2cnc3c(=O)[nH]c(N)nc32)[C@@H](O)C1OC(C)C. The topological polar surface area (TPSA) is 412 Å². The minimum atomic E-state index is -6.36. The van der Waals surface area contributed by atoms with Gasteiger partial charge in [-0.25, -0.2) is 18.5 Å². The number of aliphatic hydroxyl groups is 2. The highest BCUT2D eigenvalue weighted by Crippen LogP contribution is 2.63. The highest BCUT2D eigenvalue weighted by Gasteiger charge is 2.50. The van der Waals surface area contributed by atoms with Crippen molar-refractivity contribution < 1.29 is 80.2 Å². The number of imidazole rings is 1. The number of anilines is 4. The number of hydrogen-bond donors (Lipinski definition) is 6. The third-order valence-corrected chi connectivity index (χ3v) is 12.4. The number of rotatable bonds is 16. The molecule has 0 aliphatic carbocycles. The third kappa shape index (κ3) is 9.24. The number of aromatic nitrogens is 6. The van der Waals surface area contributed by atoms with Crippen LogP contribution in [-0.2, 0) is 55.3 Å². The average Bonchev–Trinajstić information content (AvgIpc) is 3.81. The van der Waals surface area contributed by atoms with Crippen molar-refractivity contribution in [3.8, 4) is 0 Å². The highest BCUT2D eigenvalue weighted by molar-refractivity contribution is 7.65. The van der Waals surface area contributed by atoms with Crippen molar-refractivity contribution in [2.45, 2.75) is 69.0 Å². The maximum Gasteiger partial charge on any atom is 0.304 e. The molecule has 0 radical (unpaired) electrons. The van der Waals surface area contributed by atoms with Crippen LogP contribution < -0.4 is 47.1 Å². The van der Waals surface area contributed by atoms with Gasteiger partial charge in [-0.1, -0.05) is 0 Å². The van der Waals surface area contributed by atoms with E-state index in [0.717, 1.165) is 18.0 Å². The number of phosphoric acid groups is 3. The predicted octanol–water partition coefficient (Wildman–Crippen LogP) is -4.16. The number of H-pyrrole nitrogens is 2. The zero-order valence-corrected chi connectivity index (χ0v) is 32.6. The number of aromatic amines is 2. The first-order valence-corrected chi connectivity index (χ1v) is 20.7. The van der Waals surface area contributed by atoms with Gasteiger partial charge in [0.15, 0.2) is 29.4 Å². The second kappa shape index (κ2) is 16.3. The molecule has 318 valence electrons. The van der Waals surface area contributed by atoms with Crippen LogP contribution >= 0.6 is 23.5 Å². The number of nitrogens with zero attached hydrogens (tertiary/aromatic N) is 6. The maximum atomic E-state index is 12.5. The van der Waals surface area contributed by atoms with Gasteiger partial charge in [0.25, 0.3) is 26.8 Å². The fourth-order valence-corrected chi connectivity index (χ4v) is 9.47. The minimum absolute atomic E-state index is 0.0292. The second-order valence-corrected chi connectivity index (χ2v) is 17.2. The molecule has 5 unspecified atom stereocenters. The van der Waals surface area contributed by atoms with Crippen LogP contribution in [0.5, 0.6) is 0 Å². The van der Waals surface area contributed by atoms with Crippen LogP contribution in [0.2, 0.25) is 0 Å². The lowest BCUT2D eigenvalue weighted by molar-refractivity contribution is -0.314. The fraction of sp³-hybridized carbons (Fsp3) is 0.640. The molecule has 2 saturated heterocycles. The van der Waals surface area contributed by atoms with Crippen molar-refractivity contribution in [1.29, 1.82) is 0 Å². The van der Waals surface area contributed by atoms with E-state index in [1.807, 2.05) is 0 Å². The lowest BCUT2D eigenvalue weighted by atomic mass is 10.1. The minimum Gasteiger partial charge on any atom is -0.756 e. The van der Waals surface area contributed by atoms with E-state index in [2.05, 4.69) is 47.6 Å². The van der Waals surface area contributed by atoms with Crippen LogP contribution in [0.4, 0.5) is 23.4 Å². The van der Waals surface area contributed by atoms with Crippen molar-refractivity contribution in [2.24, 2.45) is 0 Å². The molecule has 57 heavy (non-hydrogen) atoms. The van der Waals surface area contributed by atoms with Gasteiger partial charge in [0.1, 0.15) is 48.9 Å². The molecular weight excluding hydrogens is 837 g/mol. The largest absolute Gasteiger partial charge is 0.756 e. The molecule has 0 spiro atoms. The number of hydrogen-bond acceptors (Lipinski definition) is 26. The van der Waals surface area contributed by atoms with Crippen LogP contribution in [0, 0.1) is 0 Å². The molecule has 6 heterocycles. The molecule has 29 nitrogen and oxygen atoms in total. The Balaban J connectivity index is 1.04. The summed E-state index contributed by atoms with van der Waals surface area (Å²) in [6, 6.07) is 0. The lowest BCUT2D eigenvalue weighted by Crippen LogP contribution is -2.46. The Morgan fingerprint density at radius 2 is 1.54 bits per heavy atom. The van der Waals surface area contributed by atoms with Gasteiger partial charge < -0.3 is 69.6 Å². The molecule has 3 aliphatic rings. The Bertz CT molecular complexity index is 2220. The monoisotopic (exact) mass is 873 g/mol. The van der Waals surface area contributed by atoms with Gasteiger partial charge in [0.2, 0.25) is 11.9 Å². The summed E-state index contributed by atoms with van der Waals surface area (Å²) in [4.78, 5) is 85.9. The van der Waals surface area contributed by atoms with Crippen LogP contribution in [0.15, 0.2) is 15.9 Å². The van der Waals surface area contributed by atoms with Gasteiger partial charge in [-0.05, 0) is 13.8 Å². The van der Waals surface area contributed by atoms with E-state index in [-0.39, 0.29) is 41.2 Å². The summed E-state index contributed by atoms with van der Waals surface area (Å²) < 4.78 is 77.3. The van der Waals surface area contributed by atoms with E-state index in [1.54, 1.807) is 20.9 Å². The van der Waals surface area contributed by atoms with Gasteiger partial charge in [-0.3, -0.25) is 37.8 Å². The van der Waals surface area contributed by atoms with Crippen molar-refractivity contribution >= 4 is 58.0 Å². The van der Waals surface area contributed by atoms with E-state index in [0.29, 0.717) is 0 Å². The van der Waals surface area contributed by atoms with Crippen LogP contribution in [0.25, 0.3) is 11.2 Å². The van der Waals surface area contributed by atoms with Gasteiger partial charge in [-0.2, -0.15) is 14.6 Å². The molecule has 2 fully saturated rings. The van der Waals surface area contributed by atoms with E-state index in [9.17, 15) is 48.2 Å². The third-order valence-electron chi connectivity index (χ3n) is 8.44. The quantitative estimate of drug-likeness (QED) is 0.0452. The van der Waals surface area contributed by atoms with E-state index < -0.39 is 103 Å². The summed E-state index contributed by atoms with van der Waals surface area (Å²) in [5.41, 5.74) is 9.89. The molecule has 0 saturated carbocycles. The maximum absolute atomic E-state index is 12.5. The van der Waals surface area contributed by atoms with Gasteiger partial charge in [0.05, 0.1) is 25.7 Å². The number of fused-ring (bicyclic) bond motifs is 2. The molecular formula is C25H36N10O19P3-3. The highest BCUT2D eigenvalue weighted by atomic mass is 31.3. The Labute approximate surface area is 319 Å². The summed E-state index contributed by atoms with van der Waals surface area (Å²) >= 11 is 0. The molecule has 11 atom stereocenters. The Kier molecular flexibility index (Phi) is 12.3. The molecule has 8 N–H and O–H groups in total. The number of nitrogens with two attached hydrogens (primary N) is 2. The first-order chi connectivity index (χ1) is 26.6. The average molecular weight is 874 g/mol. The van der Waals surface area contributed by atoms with Crippen LogP contribution in [0.3, 0.4) is 0 Å². The lowest BCUT2D eigenvalue weighted by Gasteiger charge is -2.34. The smallest absolute Gasteiger partial charge is 0.304 e. The summed E-state index contributed by atoms with van der Waals surface area (Å²) in [5, 5.41) is 22.0. The summed E-state index contributed by atoms with van der Waals surface area (Å²) in [6.07, 6.45) is -10.4. The van der Waals surface area contributed by atoms with Crippen LogP contribution in [-0.4, -0.2) is 123 Å². The van der Waals surface area contributed by atoms with E-state index in [1.165, 1.54) is 9.80 Å². The Morgan fingerprint density at radius 1 is 0.930 bits per heavy atom. The predicted molar refractivity (Wildman–Crippen MR) is 181 cm³/mol. The van der Waals surface area contributed by atoms with E-state index in [4.69, 9.17) is 30.4 Å². The van der Waals surface area contributed by atoms with Crippen LogP contribution in [0.1, 0.15) is 20.1 Å². The molecule has 6 rings (SSSR count). The zero-order valence-electron chi connectivity index (χ0n) is 29.9. The van der Waals surface area contributed by atoms with Gasteiger partial charge in [-0.15, -0.1) is 0 Å². The molecule has 3 aromatic heterocycles. The Hall–Kier alpha value is -3.44. The number of methoxy groups -OCH3 is 1. The molecule has 0 bridgehead atoms. The molecule has 0 amide bonds. The normalized spacial score (nSPS) is 29.5. The summed E-state index contributed by atoms with van der Waals surface area (Å²) in [6.45, 7) is 1.27. The molecule has 32 heteroatoms. The number of nitrogen functional groups attached to an aromatic ring is 2. The molecule has 0 aromatic carbocycles. The number of aliphatic hydroxyl groups excluding tert-OH is 2. The first kappa shape index (κ1) is 43.1. The number of phosphoric ester groups is 1. The van der Waals surface area contributed by atoms with Crippen molar-refractivity contribution in [3.05, 3.63) is 27.0 Å². The van der Waals surface area contributed by atoms with E-state index >= 15 is 0 Å². The number of nitrogens with one attached hydrogen (secondary N) is 2. The zero-order chi connectivity index (χ0) is 41.8. The van der Waals surface area contributed by atoms with Gasteiger partial charge in [0, 0.05) is 14.2 Å². The van der Waals surface area contributed by atoms with Crippen molar-refractivity contribution in [1.82, 2.24) is 29.5 Å². The summed E-state index contributed by atoms with van der Waals surface area (Å²) in [5.74, 6) is -0.481. The van der Waals surface area contributed by atoms with Crippen molar-refractivity contribution in [2.75, 3.05) is 55.3 Å². The second-order valence-electron chi connectivity index (χ2n) is 12.8. The van der Waals surface area contributed by atoms with Crippen molar-refractivity contribution in [3.63, 3.8) is 0 Å². The standard InChI is InChI=1S/C25H39N10O19P3/c1-9(2)49-17-10(50-22(15(17)37)34-7-28-12-18(34)29-24(26)31-20(12)38)5-47-52-56(42,43)54-57(44,45)53-55(40,41)48-6-11-16(46-4)14(36)23(51-11)35-8-33(3)13-19(35)30-25(27)32-21(13)39/h7,9-11,14-17,22-23,36-37H,5-6,8H2,1-4H3,(H,40,41)(H,42,43)(H,44,45)(H3,26,29,31,38)(H3,27,30,32,39)/p-3/t10-,11-,14?,15+,16+,17?,22-,23-/m1/s1. The Morgan fingerprint density at radius 3 is 2.23 bits per heavy atom. The summed E-state index contributed by atoms with van der Waals surface area (Å²) in [7, 11) is -15.8. The molecule has 3 aromatic rings. The number of ether oxygens (including phenoxy) is 4.